The molecule has 1 amide bonds. The zero-order chi connectivity index (χ0) is 10.0. The van der Waals surface area contributed by atoms with Crippen LogP contribution in [-0.4, -0.2) is 5.91 Å². The largest absolute Gasteiger partial charge is 0.324 e. The summed E-state index contributed by atoms with van der Waals surface area (Å²) in [6, 6.07) is 3.75. The fraction of sp³-hybridized carbons (Fsp3) is 0.125. The Kier molecular flexibility index (Phi) is 3.94. The van der Waals surface area contributed by atoms with Gasteiger partial charge >= 0.3 is 0 Å². The van der Waals surface area contributed by atoms with Crippen LogP contribution >= 0.6 is 47.8 Å². The smallest absolute Gasteiger partial charge is 0.221 e. The summed E-state index contributed by atoms with van der Waals surface area (Å²) in [4.78, 5) is 10.9. The van der Waals surface area contributed by atoms with Crippen LogP contribution in [0, 0.1) is 0 Å². The molecular weight excluding hydrogens is 366 g/mol. The fourth-order valence-electron chi connectivity index (χ4n) is 0.818. The Morgan fingerprint density at radius 2 is 1.77 bits per heavy atom. The third kappa shape index (κ3) is 2.79. The lowest BCUT2D eigenvalue weighted by atomic mass is 10.3. The maximum Gasteiger partial charge on any atom is 0.221 e. The topological polar surface area (TPSA) is 29.1 Å². The van der Waals surface area contributed by atoms with E-state index in [0.29, 0.717) is 0 Å². The predicted octanol–water partition coefficient (Wildman–Crippen LogP) is 3.93. The first-order valence-corrected chi connectivity index (χ1v) is 5.81. The number of halogens is 3. The molecule has 0 saturated heterocycles. The standard InChI is InChI=1S/C8H6Br3NO/c1-4(13)12-8-6(10)3-2-5(9)7(8)11/h2-3H,1H3,(H,12,13). The second-order valence-electron chi connectivity index (χ2n) is 2.40. The van der Waals surface area contributed by atoms with Gasteiger partial charge in [0.15, 0.2) is 0 Å². The van der Waals surface area contributed by atoms with Crippen LogP contribution in [0.15, 0.2) is 25.6 Å². The molecule has 2 nitrogen and oxygen atoms in total. The average Bonchev–Trinajstić information content (AvgIpc) is 2.05. The Hall–Kier alpha value is 0.130. The Morgan fingerprint density at radius 3 is 2.31 bits per heavy atom. The zero-order valence-corrected chi connectivity index (χ0v) is 11.5. The Balaban J connectivity index is 3.17. The Morgan fingerprint density at radius 1 is 1.23 bits per heavy atom. The van der Waals surface area contributed by atoms with E-state index in [2.05, 4.69) is 53.1 Å². The van der Waals surface area contributed by atoms with Gasteiger partial charge in [-0.1, -0.05) is 0 Å². The van der Waals surface area contributed by atoms with E-state index in [9.17, 15) is 4.79 Å². The van der Waals surface area contributed by atoms with Crippen molar-refractivity contribution >= 4 is 59.4 Å². The molecule has 0 aliphatic rings. The van der Waals surface area contributed by atoms with E-state index in [1.54, 1.807) is 0 Å². The number of nitrogens with one attached hydrogen (secondary N) is 1. The number of benzene rings is 1. The fourth-order valence-corrected chi connectivity index (χ4v) is 2.29. The molecule has 1 aromatic rings. The summed E-state index contributed by atoms with van der Waals surface area (Å²) in [5.74, 6) is -0.0977. The number of hydrogen-bond donors (Lipinski definition) is 1. The molecule has 0 spiro atoms. The second-order valence-corrected chi connectivity index (χ2v) is 4.90. The van der Waals surface area contributed by atoms with Gasteiger partial charge in [0, 0.05) is 15.9 Å². The molecule has 0 unspecified atom stereocenters. The lowest BCUT2D eigenvalue weighted by Crippen LogP contribution is -2.07. The molecule has 1 aromatic carbocycles. The third-order valence-electron chi connectivity index (χ3n) is 1.35. The molecule has 0 atom stereocenters. The van der Waals surface area contributed by atoms with E-state index in [1.165, 1.54) is 6.92 Å². The first-order chi connectivity index (χ1) is 6.02. The van der Waals surface area contributed by atoms with E-state index < -0.39 is 0 Å². The van der Waals surface area contributed by atoms with Gasteiger partial charge in [0.1, 0.15) is 0 Å². The van der Waals surface area contributed by atoms with Crippen molar-refractivity contribution < 1.29 is 4.79 Å². The lowest BCUT2D eigenvalue weighted by Gasteiger charge is -2.08. The van der Waals surface area contributed by atoms with Crippen molar-refractivity contribution in [3.63, 3.8) is 0 Å². The van der Waals surface area contributed by atoms with Crippen LogP contribution in [0.4, 0.5) is 5.69 Å². The number of amides is 1. The van der Waals surface area contributed by atoms with Crippen LogP contribution in [0.5, 0.6) is 0 Å². The van der Waals surface area contributed by atoms with Crippen molar-refractivity contribution in [1.29, 1.82) is 0 Å². The van der Waals surface area contributed by atoms with Crippen LogP contribution in [-0.2, 0) is 4.79 Å². The highest BCUT2D eigenvalue weighted by Crippen LogP contribution is 2.36. The van der Waals surface area contributed by atoms with Crippen molar-refractivity contribution in [2.75, 3.05) is 5.32 Å². The molecule has 0 aromatic heterocycles. The van der Waals surface area contributed by atoms with Crippen LogP contribution < -0.4 is 5.32 Å². The molecule has 0 radical (unpaired) electrons. The molecule has 13 heavy (non-hydrogen) atoms. The first kappa shape index (κ1) is 11.2. The quantitative estimate of drug-likeness (QED) is 0.744. The molecule has 0 aliphatic heterocycles. The van der Waals surface area contributed by atoms with Gasteiger partial charge in [-0.25, -0.2) is 0 Å². The molecule has 0 heterocycles. The highest BCUT2D eigenvalue weighted by molar-refractivity contribution is 9.13. The maximum atomic E-state index is 10.9. The molecular formula is C8H6Br3NO. The molecule has 0 saturated carbocycles. The molecule has 0 bridgehead atoms. The normalized spacial score (nSPS) is 9.85. The van der Waals surface area contributed by atoms with Gasteiger partial charge in [-0.2, -0.15) is 0 Å². The summed E-state index contributed by atoms with van der Waals surface area (Å²) in [6.07, 6.45) is 0. The van der Waals surface area contributed by atoms with Crippen LogP contribution in [0.3, 0.4) is 0 Å². The summed E-state index contributed by atoms with van der Waals surface area (Å²) >= 11 is 10.1. The monoisotopic (exact) mass is 369 g/mol. The van der Waals surface area contributed by atoms with E-state index in [-0.39, 0.29) is 5.91 Å². The van der Waals surface area contributed by atoms with Crippen LogP contribution in [0.2, 0.25) is 0 Å². The van der Waals surface area contributed by atoms with E-state index in [0.717, 1.165) is 19.1 Å². The average molecular weight is 372 g/mol. The molecule has 1 rings (SSSR count). The molecule has 0 fully saturated rings. The molecule has 70 valence electrons. The zero-order valence-electron chi connectivity index (χ0n) is 6.70. The summed E-state index contributed by atoms with van der Waals surface area (Å²) in [5, 5.41) is 2.72. The van der Waals surface area contributed by atoms with Gasteiger partial charge in [-0.15, -0.1) is 0 Å². The number of carbonyl (C=O) groups excluding carboxylic acids is 1. The van der Waals surface area contributed by atoms with Gasteiger partial charge in [0.25, 0.3) is 0 Å². The minimum Gasteiger partial charge on any atom is -0.324 e. The van der Waals surface area contributed by atoms with E-state index in [4.69, 9.17) is 0 Å². The van der Waals surface area contributed by atoms with Crippen LogP contribution in [0.25, 0.3) is 0 Å². The van der Waals surface area contributed by atoms with E-state index >= 15 is 0 Å². The van der Waals surface area contributed by atoms with Crippen molar-refractivity contribution in [3.05, 3.63) is 25.6 Å². The van der Waals surface area contributed by atoms with Crippen molar-refractivity contribution in [1.82, 2.24) is 0 Å². The summed E-state index contributed by atoms with van der Waals surface area (Å²) < 4.78 is 2.58. The van der Waals surface area contributed by atoms with Gasteiger partial charge in [0.05, 0.1) is 10.2 Å². The number of rotatable bonds is 1. The predicted molar refractivity (Wildman–Crippen MR) is 63.8 cm³/mol. The van der Waals surface area contributed by atoms with Crippen molar-refractivity contribution in [2.24, 2.45) is 0 Å². The minimum atomic E-state index is -0.0977. The minimum absolute atomic E-state index is 0.0977. The van der Waals surface area contributed by atoms with Crippen molar-refractivity contribution in [3.8, 4) is 0 Å². The molecule has 0 aliphatic carbocycles. The lowest BCUT2D eigenvalue weighted by molar-refractivity contribution is -0.114. The number of carbonyl (C=O) groups is 1. The van der Waals surface area contributed by atoms with Gasteiger partial charge in [0.2, 0.25) is 5.91 Å². The maximum absolute atomic E-state index is 10.9. The summed E-state index contributed by atoms with van der Waals surface area (Å²) in [5.41, 5.74) is 0.738. The van der Waals surface area contributed by atoms with Gasteiger partial charge in [-0.3, -0.25) is 4.79 Å². The molecule has 5 heteroatoms. The number of hydrogen-bond acceptors (Lipinski definition) is 1. The third-order valence-corrected chi connectivity index (χ3v) is 4.02. The second kappa shape index (κ2) is 4.57. The Labute approximate surface area is 101 Å². The van der Waals surface area contributed by atoms with Gasteiger partial charge in [-0.05, 0) is 59.9 Å². The Bertz CT molecular complexity index is 351. The highest BCUT2D eigenvalue weighted by Gasteiger charge is 2.08. The number of anilines is 1. The van der Waals surface area contributed by atoms with Crippen molar-refractivity contribution in [2.45, 2.75) is 6.92 Å². The SMILES string of the molecule is CC(=O)Nc1c(Br)ccc(Br)c1Br. The summed E-state index contributed by atoms with van der Waals surface area (Å²) in [7, 11) is 0. The van der Waals surface area contributed by atoms with Gasteiger partial charge < -0.3 is 5.32 Å². The van der Waals surface area contributed by atoms with Crippen LogP contribution in [0.1, 0.15) is 6.92 Å². The van der Waals surface area contributed by atoms with E-state index in [1.807, 2.05) is 12.1 Å². The summed E-state index contributed by atoms with van der Waals surface area (Å²) in [6.45, 7) is 1.47. The highest BCUT2D eigenvalue weighted by atomic mass is 79.9. The first-order valence-electron chi connectivity index (χ1n) is 3.43. The molecule has 1 N–H and O–H groups in total.